The number of pyridine rings is 2. The van der Waals surface area contributed by atoms with Crippen LogP contribution in [0.15, 0.2) is 328 Å². The second-order valence-corrected chi connectivity index (χ2v) is 22.9. The van der Waals surface area contributed by atoms with E-state index in [1.165, 1.54) is 0 Å². The molecule has 6 aromatic heterocycles. The first-order chi connectivity index (χ1) is 44.7. The van der Waals surface area contributed by atoms with Crippen LogP contribution in [-0.2, 0) is 0 Å². The Morgan fingerprint density at radius 3 is 0.822 bits per heavy atom. The van der Waals surface area contributed by atoms with Gasteiger partial charge in [0.1, 0.15) is 11.4 Å². The average Bonchev–Trinajstić information content (AvgIpc) is 1.53. The molecule has 90 heavy (non-hydrogen) atoms. The Hall–Kier alpha value is -12.3. The molecule has 0 aliphatic carbocycles. The minimum absolute atomic E-state index is 0.757. The molecule has 6 heterocycles. The van der Waals surface area contributed by atoms with Crippen LogP contribution in [0, 0.1) is 0 Å². The third kappa shape index (κ3) is 7.88. The SMILES string of the molecule is c1ccc(N(c2ccccc2)c2ccc3c(c2)c2ccccc2n3-c2nc(-n3c4ccccc4c4ccccc43)c(-n3c4ccccc4c4ccccc43)c(-c3ccncc3)c2-n2c3ccccc3c3cc(N(c4ccccc4)c4ccccc4)ccc32)cc1. The highest BCUT2D eigenvalue weighted by Crippen LogP contribution is 2.50. The molecular weight excluding hydrogens is 1100 g/mol. The lowest BCUT2D eigenvalue weighted by Gasteiger charge is -2.27. The van der Waals surface area contributed by atoms with Crippen molar-refractivity contribution in [1.29, 1.82) is 0 Å². The van der Waals surface area contributed by atoms with Crippen LogP contribution in [0.1, 0.15) is 0 Å². The van der Waals surface area contributed by atoms with E-state index in [0.717, 1.165) is 155 Å². The number of fused-ring (bicyclic) bond motifs is 12. The van der Waals surface area contributed by atoms with Crippen LogP contribution in [0.2, 0.25) is 0 Å². The first-order valence-electron chi connectivity index (χ1n) is 30.6. The van der Waals surface area contributed by atoms with Gasteiger partial charge in [-0.05, 0) is 139 Å². The highest BCUT2D eigenvalue weighted by molar-refractivity contribution is 6.16. The van der Waals surface area contributed by atoms with Crippen molar-refractivity contribution in [3.05, 3.63) is 328 Å². The van der Waals surface area contributed by atoms with Gasteiger partial charge in [-0.15, -0.1) is 0 Å². The average molecular weight is 1150 g/mol. The minimum atomic E-state index is 0.757. The van der Waals surface area contributed by atoms with Gasteiger partial charge in [-0.1, -0.05) is 182 Å². The van der Waals surface area contributed by atoms with Gasteiger partial charge in [-0.25, -0.2) is 4.98 Å². The monoisotopic (exact) mass is 1150 g/mol. The summed E-state index contributed by atoms with van der Waals surface area (Å²) in [6.45, 7) is 0. The van der Waals surface area contributed by atoms with Crippen molar-refractivity contribution < 1.29 is 0 Å². The molecule has 8 heteroatoms. The normalized spacial score (nSPS) is 11.8. The van der Waals surface area contributed by atoms with Crippen LogP contribution < -0.4 is 9.80 Å². The lowest BCUT2D eigenvalue weighted by atomic mass is 10.0. The number of anilines is 6. The zero-order valence-corrected chi connectivity index (χ0v) is 48.8. The van der Waals surface area contributed by atoms with E-state index >= 15 is 0 Å². The highest BCUT2D eigenvalue weighted by Gasteiger charge is 2.33. The van der Waals surface area contributed by atoms with E-state index in [9.17, 15) is 0 Å². The zero-order valence-electron chi connectivity index (χ0n) is 48.8. The van der Waals surface area contributed by atoms with Gasteiger partial charge >= 0.3 is 0 Å². The van der Waals surface area contributed by atoms with Crippen molar-refractivity contribution in [2.45, 2.75) is 0 Å². The van der Waals surface area contributed by atoms with E-state index in [2.05, 4.69) is 344 Å². The molecule has 8 nitrogen and oxygen atoms in total. The van der Waals surface area contributed by atoms with Gasteiger partial charge < -0.3 is 18.9 Å². The standard InChI is InChI=1S/C82H54N8/c1-5-25-56(26-6-1)85(57-27-7-2-8-28-57)60-45-47-76-68(53-60)66-37-17-21-41-72(66)88(76)80-78(55-49-51-83-52-50-55)79(87-70-39-19-13-33-62(70)63-34-14-20-40-71(63)87)81(89-73-42-22-15-35-64(73)65-36-16-23-43-74(65)89)84-82(80)90-75-44-24-18-38-67(75)69-54-61(46-48-77(69)90)86(58-29-9-3-10-30-58)59-31-11-4-12-32-59/h1-54H. The van der Waals surface area contributed by atoms with E-state index in [0.29, 0.717) is 0 Å². The number of aromatic nitrogens is 6. The zero-order chi connectivity index (χ0) is 59.2. The Balaban J connectivity index is 1.05. The van der Waals surface area contributed by atoms with Crippen molar-refractivity contribution in [3.8, 4) is 34.1 Å². The molecule has 18 rings (SSSR count). The fourth-order valence-electron chi connectivity index (χ4n) is 14.3. The quantitative estimate of drug-likeness (QED) is 0.130. The molecule has 12 aromatic carbocycles. The summed E-state index contributed by atoms with van der Waals surface area (Å²) in [5.41, 5.74) is 18.5. The predicted molar refractivity (Wildman–Crippen MR) is 374 cm³/mol. The van der Waals surface area contributed by atoms with Crippen LogP contribution in [-0.4, -0.2) is 28.2 Å². The summed E-state index contributed by atoms with van der Waals surface area (Å²) >= 11 is 0. The summed E-state index contributed by atoms with van der Waals surface area (Å²) in [5, 5.41) is 9.00. The molecule has 0 spiro atoms. The predicted octanol–water partition coefficient (Wildman–Crippen LogP) is 21.5. The van der Waals surface area contributed by atoms with Crippen LogP contribution >= 0.6 is 0 Å². The lowest BCUT2D eigenvalue weighted by Crippen LogP contribution is -2.16. The largest absolute Gasteiger partial charge is 0.310 e. The third-order valence-corrected chi connectivity index (χ3v) is 18.0. The third-order valence-electron chi connectivity index (χ3n) is 18.0. The molecule has 0 amide bonds. The summed E-state index contributed by atoms with van der Waals surface area (Å²) < 4.78 is 9.86. The molecule has 0 aliphatic rings. The van der Waals surface area contributed by atoms with Gasteiger partial charge in [0.05, 0.1) is 44.1 Å². The molecule has 0 radical (unpaired) electrons. The van der Waals surface area contributed by atoms with E-state index in [4.69, 9.17) is 9.97 Å². The van der Waals surface area contributed by atoms with Crippen LogP contribution in [0.5, 0.6) is 0 Å². The molecule has 0 saturated carbocycles. The van der Waals surface area contributed by atoms with Crippen LogP contribution in [0.25, 0.3) is 121 Å². The Kier molecular flexibility index (Phi) is 11.7. The van der Waals surface area contributed by atoms with Crippen molar-refractivity contribution in [2.24, 2.45) is 0 Å². The Morgan fingerprint density at radius 2 is 0.489 bits per heavy atom. The molecule has 0 fully saturated rings. The molecule has 0 unspecified atom stereocenters. The summed E-state index contributed by atoms with van der Waals surface area (Å²) in [4.78, 5) is 16.0. The van der Waals surface area contributed by atoms with Gasteiger partial charge in [0.25, 0.3) is 0 Å². The molecule has 0 saturated heterocycles. The summed E-state index contributed by atoms with van der Waals surface area (Å²) in [7, 11) is 0. The summed E-state index contributed by atoms with van der Waals surface area (Å²) in [5.74, 6) is 1.53. The molecule has 422 valence electrons. The number of rotatable bonds is 11. The van der Waals surface area contributed by atoms with E-state index in [1.807, 2.05) is 12.4 Å². The van der Waals surface area contributed by atoms with Gasteiger partial charge in [0.15, 0.2) is 11.6 Å². The van der Waals surface area contributed by atoms with Crippen LogP contribution in [0.3, 0.4) is 0 Å². The first kappa shape index (κ1) is 51.0. The molecule has 0 atom stereocenters. The number of para-hydroxylation sites is 10. The van der Waals surface area contributed by atoms with Crippen molar-refractivity contribution in [2.75, 3.05) is 9.80 Å². The minimum Gasteiger partial charge on any atom is -0.310 e. The van der Waals surface area contributed by atoms with Gasteiger partial charge in [-0.3, -0.25) is 14.1 Å². The summed E-state index contributed by atoms with van der Waals surface area (Å²) in [6.07, 6.45) is 3.87. The smallest absolute Gasteiger partial charge is 0.165 e. The first-order valence-corrected chi connectivity index (χ1v) is 30.6. The fraction of sp³-hybridized carbons (Fsp3) is 0. The molecule has 0 aliphatic heterocycles. The maximum atomic E-state index is 6.51. The van der Waals surface area contributed by atoms with Crippen molar-refractivity contribution in [1.82, 2.24) is 28.2 Å². The molecule has 0 bridgehead atoms. The van der Waals surface area contributed by atoms with E-state index < -0.39 is 0 Å². The Labute approximate surface area is 518 Å². The highest BCUT2D eigenvalue weighted by atomic mass is 15.2. The number of benzene rings is 12. The second-order valence-electron chi connectivity index (χ2n) is 22.9. The lowest BCUT2D eigenvalue weighted by molar-refractivity contribution is 0.961. The number of hydrogen-bond acceptors (Lipinski definition) is 4. The van der Waals surface area contributed by atoms with Crippen molar-refractivity contribution in [3.63, 3.8) is 0 Å². The summed E-state index contributed by atoms with van der Waals surface area (Å²) in [6, 6.07) is 114. The fourth-order valence-corrected chi connectivity index (χ4v) is 14.3. The second kappa shape index (κ2) is 20.7. The topological polar surface area (TPSA) is 52.0 Å². The molecule has 0 N–H and O–H groups in total. The molecule has 18 aromatic rings. The van der Waals surface area contributed by atoms with Gasteiger partial charge in [0, 0.05) is 95.2 Å². The molecular formula is C82H54N8. The van der Waals surface area contributed by atoms with Gasteiger partial charge in [-0.2, -0.15) is 0 Å². The van der Waals surface area contributed by atoms with E-state index in [1.54, 1.807) is 0 Å². The van der Waals surface area contributed by atoms with Gasteiger partial charge in [0.2, 0.25) is 0 Å². The Bertz CT molecular complexity index is 5600. The van der Waals surface area contributed by atoms with Crippen molar-refractivity contribution >= 4 is 121 Å². The van der Waals surface area contributed by atoms with E-state index in [-0.39, 0.29) is 0 Å². The number of nitrogens with zero attached hydrogens (tertiary/aromatic N) is 8. The maximum Gasteiger partial charge on any atom is 0.165 e. The number of hydrogen-bond donors (Lipinski definition) is 0. The maximum absolute atomic E-state index is 6.51. The Morgan fingerprint density at radius 1 is 0.222 bits per heavy atom. The van der Waals surface area contributed by atoms with Crippen LogP contribution in [0.4, 0.5) is 34.1 Å².